The SMILES string of the molecule is O.O.O=P([O-])([O-])F.O=P([O-])([O-])[O-].[Ca+2].[Ca+2].[Na+]. The van der Waals surface area contributed by atoms with Crippen molar-refractivity contribution in [2.24, 2.45) is 0 Å². The smallest absolute Gasteiger partial charge is 0.822 e. The van der Waals surface area contributed by atoms with Gasteiger partial charge in [-0.05, 0) is 0 Å². The predicted molar refractivity (Wildman–Crippen MR) is 35.1 cm³/mol. The molecule has 0 spiro atoms. The second kappa shape index (κ2) is 20.0. The van der Waals surface area contributed by atoms with Gasteiger partial charge in [-0.15, -0.1) is 0 Å². The van der Waals surface area contributed by atoms with Crippen LogP contribution in [0.25, 0.3) is 0 Å². The fourth-order valence-corrected chi connectivity index (χ4v) is 0. The molecule has 0 aromatic heterocycles. The minimum absolute atomic E-state index is 0. The summed E-state index contributed by atoms with van der Waals surface area (Å²) in [6.45, 7) is 0. The molecule has 0 aliphatic heterocycles. The van der Waals surface area contributed by atoms with Crippen LogP contribution in [0.1, 0.15) is 0 Å². The van der Waals surface area contributed by atoms with Crippen LogP contribution in [0.2, 0.25) is 0 Å². The van der Waals surface area contributed by atoms with Gasteiger partial charge in [0.1, 0.15) is 7.91 Å². The van der Waals surface area contributed by atoms with Gasteiger partial charge in [-0.3, -0.25) is 0 Å². The van der Waals surface area contributed by atoms with Crippen molar-refractivity contribution in [1.82, 2.24) is 0 Å². The van der Waals surface area contributed by atoms with Crippen LogP contribution in [0.3, 0.4) is 0 Å². The molecular weight excluding hydrogens is 328 g/mol. The van der Waals surface area contributed by atoms with Crippen LogP contribution in [0.4, 0.5) is 4.20 Å². The Balaban J connectivity index is -0.0000000128. The monoisotopic (exact) mass is 332 g/mol. The molecule has 4 N–H and O–H groups in total. The Labute approximate surface area is 166 Å². The van der Waals surface area contributed by atoms with Gasteiger partial charge in [-0.2, -0.15) is 7.82 Å². The number of hydrogen-bond acceptors (Lipinski definition) is 7. The quantitative estimate of drug-likeness (QED) is 0.308. The summed E-state index contributed by atoms with van der Waals surface area (Å²) < 4.78 is 27.1. The van der Waals surface area contributed by atoms with E-state index < -0.39 is 15.7 Å². The third-order valence-electron chi connectivity index (χ3n) is 0. The summed E-state index contributed by atoms with van der Waals surface area (Å²) in [4.78, 5) is 42.5. The van der Waals surface area contributed by atoms with Crippen molar-refractivity contribution >= 4 is 91.2 Å². The van der Waals surface area contributed by atoms with Crippen LogP contribution >= 0.6 is 15.7 Å². The van der Waals surface area contributed by atoms with Gasteiger partial charge in [0, 0.05) is 0 Å². The van der Waals surface area contributed by atoms with Gasteiger partial charge in [-0.25, -0.2) is 4.20 Å². The number of hydrogen-bond donors (Lipinski definition) is 0. The molecule has 0 heterocycles. The Bertz CT molecular complexity index is 138. The van der Waals surface area contributed by atoms with Crippen LogP contribution in [-0.2, 0) is 9.13 Å². The molecule has 0 saturated heterocycles. The van der Waals surface area contributed by atoms with Crippen LogP contribution in [0.5, 0.6) is 0 Å². The van der Waals surface area contributed by atoms with Crippen LogP contribution in [0.15, 0.2) is 0 Å². The maximum atomic E-state index is 10.1. The van der Waals surface area contributed by atoms with E-state index in [1.165, 1.54) is 0 Å². The number of rotatable bonds is 0. The molecule has 0 amide bonds. The van der Waals surface area contributed by atoms with E-state index in [9.17, 15) is 4.20 Å². The zero-order valence-corrected chi connectivity index (χ0v) is 15.7. The second-order valence-corrected chi connectivity index (χ2v) is 2.63. The van der Waals surface area contributed by atoms with Crippen molar-refractivity contribution in [3.63, 3.8) is 0 Å². The van der Waals surface area contributed by atoms with E-state index in [2.05, 4.69) is 0 Å². The molecule has 0 radical (unpaired) electrons. The maximum Gasteiger partial charge on any atom is 2.00 e. The zero-order valence-electron chi connectivity index (χ0n) is 7.54. The Kier molecular flexibility index (Phi) is 57.0. The van der Waals surface area contributed by atoms with E-state index in [-0.39, 0.29) is 116 Å². The fraction of sp³-hybridized carbons (Fsp3) is 0. The molecule has 9 nitrogen and oxygen atoms in total. The van der Waals surface area contributed by atoms with Crippen LogP contribution in [-0.4, -0.2) is 86.4 Å². The largest absolute Gasteiger partial charge is 2.00 e. The van der Waals surface area contributed by atoms with E-state index in [4.69, 9.17) is 33.6 Å². The van der Waals surface area contributed by atoms with E-state index in [1.807, 2.05) is 0 Å². The molecule has 0 aromatic rings. The molecule has 80 valence electrons. The molecule has 0 rings (SSSR count). The summed E-state index contributed by atoms with van der Waals surface area (Å²) in [5.74, 6) is 0. The average molecular weight is 332 g/mol. The van der Waals surface area contributed by atoms with Crippen molar-refractivity contribution in [3.05, 3.63) is 0 Å². The van der Waals surface area contributed by atoms with Crippen molar-refractivity contribution in [1.29, 1.82) is 0 Å². The summed E-state index contributed by atoms with van der Waals surface area (Å²) in [7, 11) is -11.0. The number of phosphoric acid groups is 1. The van der Waals surface area contributed by atoms with Gasteiger partial charge in [0.15, 0.2) is 0 Å². The Morgan fingerprint density at radius 2 is 0.800 bits per heavy atom. The minimum Gasteiger partial charge on any atom is -0.822 e. The van der Waals surface area contributed by atoms with E-state index in [0.717, 1.165) is 0 Å². The van der Waals surface area contributed by atoms with Crippen molar-refractivity contribution < 1.29 is 78.3 Å². The summed E-state index contributed by atoms with van der Waals surface area (Å²) in [6.07, 6.45) is 0. The van der Waals surface area contributed by atoms with Crippen molar-refractivity contribution in [3.8, 4) is 0 Å². The fourth-order valence-electron chi connectivity index (χ4n) is 0. The third kappa shape index (κ3) is 327. The van der Waals surface area contributed by atoms with Gasteiger partial charge < -0.3 is 44.5 Å². The Hall–Kier alpha value is 3.63. The summed E-state index contributed by atoms with van der Waals surface area (Å²) in [5, 5.41) is 0. The molecule has 0 saturated carbocycles. The van der Waals surface area contributed by atoms with Gasteiger partial charge in [0.25, 0.3) is 0 Å². The Morgan fingerprint density at radius 3 is 0.800 bits per heavy atom. The predicted octanol–water partition coefficient (Wildman–Crippen LogP) is -9.45. The molecule has 15 heteroatoms. The summed E-state index contributed by atoms with van der Waals surface area (Å²) >= 11 is 0. The normalized spacial score (nSPS) is 7.87. The molecule has 0 atom stereocenters. The summed E-state index contributed by atoms with van der Waals surface area (Å²) in [5.41, 5.74) is 0. The van der Waals surface area contributed by atoms with E-state index in [0.29, 0.717) is 0 Å². The summed E-state index contributed by atoms with van der Waals surface area (Å²) in [6, 6.07) is 0. The maximum absolute atomic E-state index is 10.1. The number of halogens is 1. The standard InChI is InChI=1S/2Ca.FH2O3P.Na.H3O4P.2H2O/c;;1-5(2,3)4;;1-5(2,3)4;;/h;;(H2,2,3,4);;(H3,1,2,3,4);2*1H2/q2*+2;;+1;;;/p-5. The molecular formula is H4Ca2FNaO9P2. The first-order valence-corrected chi connectivity index (χ1v) is 4.34. The molecule has 0 aromatic carbocycles. The van der Waals surface area contributed by atoms with Gasteiger partial charge in [0.2, 0.25) is 0 Å². The van der Waals surface area contributed by atoms with Crippen LogP contribution in [0, 0.1) is 0 Å². The van der Waals surface area contributed by atoms with Gasteiger partial charge in [0.05, 0.1) is 0 Å². The molecule has 0 unspecified atom stereocenters. The zero-order chi connectivity index (χ0) is 9.00. The first-order valence-electron chi connectivity index (χ1n) is 1.45. The molecule has 0 bridgehead atoms. The average Bonchev–Trinajstić information content (AvgIpc) is 1.12. The van der Waals surface area contributed by atoms with Gasteiger partial charge >= 0.3 is 105 Å². The minimum atomic E-state index is -5.64. The Morgan fingerprint density at radius 1 is 0.800 bits per heavy atom. The molecule has 0 aliphatic carbocycles. The molecule has 0 fully saturated rings. The van der Waals surface area contributed by atoms with E-state index in [1.54, 1.807) is 0 Å². The topological polar surface area (TPSA) is 212 Å². The van der Waals surface area contributed by atoms with Crippen molar-refractivity contribution in [2.75, 3.05) is 0 Å². The van der Waals surface area contributed by atoms with Gasteiger partial charge in [-0.1, -0.05) is 0 Å². The van der Waals surface area contributed by atoms with E-state index >= 15 is 0 Å². The molecule has 15 heavy (non-hydrogen) atoms. The first-order chi connectivity index (χ1) is 4.00. The molecule has 0 aliphatic rings. The van der Waals surface area contributed by atoms with Crippen LogP contribution < -0.4 is 54.0 Å². The van der Waals surface area contributed by atoms with Crippen molar-refractivity contribution in [2.45, 2.75) is 0 Å². The second-order valence-electron chi connectivity index (χ2n) is 0.878. The third-order valence-corrected chi connectivity index (χ3v) is 0. The first kappa shape index (κ1) is 42.8.